The molecule has 0 fully saturated rings. The number of hydrogen-bond acceptors (Lipinski definition) is 0. The molecule has 0 N–H and O–H groups in total. The topological polar surface area (TPSA) is 0 Å². The minimum Gasteiger partial charge on any atom is -0.110 e. The fourth-order valence-corrected chi connectivity index (χ4v) is 1.69. The average molecular weight is 188 g/mol. The van der Waals surface area contributed by atoms with Crippen molar-refractivity contribution in [3.63, 3.8) is 0 Å². The second-order valence-corrected chi connectivity index (χ2v) is 5.04. The van der Waals surface area contributed by atoms with Crippen LogP contribution in [0.4, 0.5) is 0 Å². The maximum Gasteiger partial charge on any atom is 0.0575 e. The summed E-state index contributed by atoms with van der Waals surface area (Å²) >= 11 is 0. The highest BCUT2D eigenvalue weighted by atomic mass is 14.4. The molecule has 14 heavy (non-hydrogen) atoms. The van der Waals surface area contributed by atoms with Crippen molar-refractivity contribution in [1.29, 1.82) is 0 Å². The normalized spacial score (nSPS) is 16.6. The molecule has 0 aromatic heterocycles. The molecule has 2 heteroatoms. The van der Waals surface area contributed by atoms with E-state index in [9.17, 15) is 0 Å². The van der Waals surface area contributed by atoms with Gasteiger partial charge in [0.2, 0.25) is 0 Å². The molecule has 0 aliphatic rings. The molecule has 0 aromatic rings. The van der Waals surface area contributed by atoms with Crippen molar-refractivity contribution in [1.82, 2.24) is 0 Å². The van der Waals surface area contributed by atoms with E-state index in [0.29, 0.717) is 0 Å². The zero-order valence-corrected chi connectivity index (χ0v) is 10.1. The predicted octanol–water partition coefficient (Wildman–Crippen LogP) is 3.48. The van der Waals surface area contributed by atoms with E-state index in [1.807, 2.05) is 6.08 Å². The molecule has 0 bridgehead atoms. The van der Waals surface area contributed by atoms with Gasteiger partial charge in [-0.25, -0.2) is 0 Å². The van der Waals surface area contributed by atoms with Crippen LogP contribution in [0.25, 0.3) is 0 Å². The van der Waals surface area contributed by atoms with Gasteiger partial charge in [-0.3, -0.25) is 0 Å². The molecule has 0 saturated heterocycles. The van der Waals surface area contributed by atoms with Crippen LogP contribution in [0.5, 0.6) is 0 Å². The standard InChI is InChI=1S/C12H22B2/c1-6-11(3,4)12(5,7-2)9-8-10(13)14/h6,10H,1,7-9H2,2-5H3/t12-/m0/s1. The van der Waals surface area contributed by atoms with Gasteiger partial charge in [0.05, 0.1) is 15.7 Å². The Hall–Kier alpha value is -0.130. The highest BCUT2D eigenvalue weighted by molar-refractivity contribution is 6.35. The van der Waals surface area contributed by atoms with Gasteiger partial charge in [-0.05, 0) is 23.7 Å². The van der Waals surface area contributed by atoms with E-state index >= 15 is 0 Å². The quantitative estimate of drug-likeness (QED) is 0.442. The SMILES string of the molecule is [B]C([B])CC[C@](C)(CC)C(C)(C)C=C. The van der Waals surface area contributed by atoms with Crippen molar-refractivity contribution in [3.05, 3.63) is 12.7 Å². The van der Waals surface area contributed by atoms with Gasteiger partial charge >= 0.3 is 0 Å². The van der Waals surface area contributed by atoms with Crippen LogP contribution in [0.2, 0.25) is 5.72 Å². The molecule has 76 valence electrons. The Morgan fingerprint density at radius 2 is 1.79 bits per heavy atom. The van der Waals surface area contributed by atoms with Gasteiger partial charge in [0.15, 0.2) is 0 Å². The van der Waals surface area contributed by atoms with E-state index < -0.39 is 0 Å². The van der Waals surface area contributed by atoms with Crippen LogP contribution in [0.15, 0.2) is 12.7 Å². The summed E-state index contributed by atoms with van der Waals surface area (Å²) in [5.74, 6) is 0. The summed E-state index contributed by atoms with van der Waals surface area (Å²) in [7, 11) is 11.2. The van der Waals surface area contributed by atoms with Crippen LogP contribution in [-0.4, -0.2) is 15.7 Å². The summed E-state index contributed by atoms with van der Waals surface area (Å²) in [5, 5.41) is 0. The average Bonchev–Trinajstić information content (AvgIpc) is 2.13. The predicted molar refractivity (Wildman–Crippen MR) is 66.9 cm³/mol. The van der Waals surface area contributed by atoms with Crippen LogP contribution < -0.4 is 0 Å². The summed E-state index contributed by atoms with van der Waals surface area (Å²) < 4.78 is 0. The van der Waals surface area contributed by atoms with E-state index in [-0.39, 0.29) is 16.5 Å². The molecule has 0 amide bonds. The maximum atomic E-state index is 5.59. The van der Waals surface area contributed by atoms with E-state index in [1.54, 1.807) is 0 Å². The van der Waals surface area contributed by atoms with E-state index in [1.165, 1.54) is 0 Å². The highest BCUT2D eigenvalue weighted by Gasteiger charge is 2.36. The molecule has 0 aliphatic heterocycles. The molecule has 0 spiro atoms. The van der Waals surface area contributed by atoms with Crippen molar-refractivity contribution < 1.29 is 0 Å². The molecule has 0 rings (SSSR count). The van der Waals surface area contributed by atoms with E-state index in [2.05, 4.69) is 34.3 Å². The zero-order valence-electron chi connectivity index (χ0n) is 10.1. The first-order chi connectivity index (χ1) is 6.29. The minimum atomic E-state index is -0.193. The maximum absolute atomic E-state index is 5.59. The Labute approximate surface area is 92.4 Å². The lowest BCUT2D eigenvalue weighted by Crippen LogP contribution is -2.33. The lowest BCUT2D eigenvalue weighted by molar-refractivity contribution is 0.118. The molecule has 1 atom stereocenters. The summed E-state index contributed by atoms with van der Waals surface area (Å²) in [6.45, 7) is 12.9. The number of allylic oxidation sites excluding steroid dienone is 1. The Balaban J connectivity index is 4.54. The van der Waals surface area contributed by atoms with Crippen LogP contribution in [-0.2, 0) is 0 Å². The smallest absolute Gasteiger partial charge is 0.0575 e. The van der Waals surface area contributed by atoms with Crippen molar-refractivity contribution >= 4 is 15.7 Å². The minimum absolute atomic E-state index is 0.136. The first kappa shape index (κ1) is 13.9. The third-order valence-corrected chi connectivity index (χ3v) is 3.88. The Morgan fingerprint density at radius 1 is 1.29 bits per heavy atom. The van der Waals surface area contributed by atoms with Crippen LogP contribution in [0, 0.1) is 10.8 Å². The molecular weight excluding hydrogens is 166 g/mol. The molecule has 0 aromatic carbocycles. The summed E-state index contributed by atoms with van der Waals surface area (Å²) in [6, 6.07) is 0. The Morgan fingerprint density at radius 3 is 2.07 bits per heavy atom. The molecule has 0 unspecified atom stereocenters. The van der Waals surface area contributed by atoms with Crippen molar-refractivity contribution in [2.75, 3.05) is 0 Å². The first-order valence-electron chi connectivity index (χ1n) is 5.44. The van der Waals surface area contributed by atoms with E-state index in [0.717, 1.165) is 19.3 Å². The number of hydrogen-bond donors (Lipinski definition) is 0. The Bertz CT molecular complexity index is 185. The lowest BCUT2D eigenvalue weighted by Gasteiger charge is -2.43. The lowest BCUT2D eigenvalue weighted by atomic mass is 9.59. The molecule has 0 nitrogen and oxygen atoms in total. The molecule has 4 radical (unpaired) electrons. The van der Waals surface area contributed by atoms with Gasteiger partial charge < -0.3 is 0 Å². The van der Waals surface area contributed by atoms with Crippen LogP contribution >= 0.6 is 0 Å². The first-order valence-corrected chi connectivity index (χ1v) is 5.44. The third-order valence-electron chi connectivity index (χ3n) is 3.88. The van der Waals surface area contributed by atoms with Gasteiger partial charge in [-0.2, -0.15) is 0 Å². The summed E-state index contributed by atoms with van der Waals surface area (Å²) in [5.41, 5.74) is 0.184. The van der Waals surface area contributed by atoms with Gasteiger partial charge in [0.1, 0.15) is 0 Å². The second-order valence-electron chi connectivity index (χ2n) is 5.04. The molecule has 0 aliphatic carbocycles. The van der Waals surface area contributed by atoms with Gasteiger partial charge in [-0.15, -0.1) is 12.3 Å². The zero-order chi connectivity index (χ0) is 11.4. The van der Waals surface area contributed by atoms with Gasteiger partial charge in [-0.1, -0.05) is 40.2 Å². The third kappa shape index (κ3) is 3.22. The monoisotopic (exact) mass is 188 g/mol. The Kier molecular flexibility index (Phi) is 5.05. The summed E-state index contributed by atoms with van der Waals surface area (Å²) in [6.07, 6.45) is 5.10. The molecule has 0 heterocycles. The fourth-order valence-electron chi connectivity index (χ4n) is 1.69. The van der Waals surface area contributed by atoms with Gasteiger partial charge in [0, 0.05) is 0 Å². The number of rotatable bonds is 6. The van der Waals surface area contributed by atoms with Crippen molar-refractivity contribution in [3.8, 4) is 0 Å². The van der Waals surface area contributed by atoms with Crippen LogP contribution in [0.1, 0.15) is 47.0 Å². The van der Waals surface area contributed by atoms with Crippen LogP contribution in [0.3, 0.4) is 0 Å². The second kappa shape index (κ2) is 5.09. The molecular formula is C12H22B2. The van der Waals surface area contributed by atoms with Crippen molar-refractivity contribution in [2.45, 2.75) is 52.7 Å². The fraction of sp³-hybridized carbons (Fsp3) is 0.833. The largest absolute Gasteiger partial charge is 0.110 e. The highest BCUT2D eigenvalue weighted by Crippen LogP contribution is 2.46. The van der Waals surface area contributed by atoms with E-state index in [4.69, 9.17) is 15.7 Å². The molecule has 0 saturated carbocycles. The van der Waals surface area contributed by atoms with Gasteiger partial charge in [0.25, 0.3) is 0 Å². The summed E-state index contributed by atoms with van der Waals surface area (Å²) in [4.78, 5) is 0. The van der Waals surface area contributed by atoms with Crippen molar-refractivity contribution in [2.24, 2.45) is 10.8 Å².